The second-order valence-corrected chi connectivity index (χ2v) is 5.01. The number of nitrogens with zero attached hydrogens (tertiary/aromatic N) is 2. The van der Waals surface area contributed by atoms with E-state index in [-0.39, 0.29) is 11.8 Å². The Kier molecular flexibility index (Phi) is 4.16. The number of hydrogen-bond acceptors (Lipinski definition) is 3. The van der Waals surface area contributed by atoms with Gasteiger partial charge in [0.2, 0.25) is 5.91 Å². The van der Waals surface area contributed by atoms with E-state index in [2.05, 4.69) is 10.3 Å². The number of nitrogens with one attached hydrogen (secondary N) is 1. The monoisotopic (exact) mass is 260 g/mol. The van der Waals surface area contributed by atoms with Crippen LogP contribution in [0.2, 0.25) is 0 Å². The van der Waals surface area contributed by atoms with Crippen LogP contribution in [0, 0.1) is 5.92 Å². The van der Waals surface area contributed by atoms with Gasteiger partial charge in [-0.05, 0) is 18.1 Å². The molecule has 1 atom stereocenters. The first kappa shape index (κ1) is 13.5. The lowest BCUT2D eigenvalue weighted by Gasteiger charge is -2.14. The summed E-state index contributed by atoms with van der Waals surface area (Å²) < 4.78 is 1.97. The minimum Gasteiger partial charge on any atom is -0.354 e. The van der Waals surface area contributed by atoms with E-state index in [0.29, 0.717) is 13.0 Å². The van der Waals surface area contributed by atoms with Gasteiger partial charge in [-0.3, -0.25) is 4.79 Å². The highest BCUT2D eigenvalue weighted by Crippen LogP contribution is 2.04. The number of imidazole rings is 1. The molecule has 5 heteroatoms. The number of nitrogens with two attached hydrogens (primary N) is 1. The van der Waals surface area contributed by atoms with E-state index in [1.165, 1.54) is 0 Å². The van der Waals surface area contributed by atoms with Crippen molar-refractivity contribution in [1.82, 2.24) is 14.7 Å². The molecule has 2 rings (SSSR count). The van der Waals surface area contributed by atoms with Gasteiger partial charge in [0, 0.05) is 25.4 Å². The van der Waals surface area contributed by atoms with Gasteiger partial charge in [-0.1, -0.05) is 19.9 Å². The molecule has 0 aromatic carbocycles. The summed E-state index contributed by atoms with van der Waals surface area (Å²) in [5.41, 5.74) is 7.65. The molecule has 0 aliphatic carbocycles. The molecule has 2 aromatic rings. The fourth-order valence-electron chi connectivity index (χ4n) is 1.84. The van der Waals surface area contributed by atoms with Crippen molar-refractivity contribution in [1.29, 1.82) is 0 Å². The summed E-state index contributed by atoms with van der Waals surface area (Å²) in [6, 6.07) is 5.43. The van der Waals surface area contributed by atoms with Crippen molar-refractivity contribution in [3.8, 4) is 0 Å². The second kappa shape index (κ2) is 5.84. The normalized spacial score (nSPS) is 12.8. The predicted octanol–water partition coefficient (Wildman–Crippen LogP) is 0.976. The number of rotatable bonds is 5. The molecule has 0 bridgehead atoms. The van der Waals surface area contributed by atoms with E-state index in [9.17, 15) is 4.79 Å². The van der Waals surface area contributed by atoms with Crippen molar-refractivity contribution in [3.63, 3.8) is 0 Å². The summed E-state index contributed by atoms with van der Waals surface area (Å²) in [6.07, 6.45) is 4.64. The Morgan fingerprint density at radius 1 is 1.47 bits per heavy atom. The van der Waals surface area contributed by atoms with Crippen LogP contribution in [0.1, 0.15) is 19.5 Å². The molecule has 0 aliphatic rings. The molecule has 0 saturated heterocycles. The maximum absolute atomic E-state index is 11.7. The standard InChI is InChI=1S/C14H20N4O/c1-10(2)13(15)14(19)16-7-6-11-9-18-8-4-3-5-12(18)17-11/h3-5,8-10,13H,6-7,15H2,1-2H3,(H,16,19). The number of carbonyl (C=O) groups is 1. The molecule has 1 amide bonds. The summed E-state index contributed by atoms with van der Waals surface area (Å²) in [5, 5.41) is 2.84. The van der Waals surface area contributed by atoms with Gasteiger partial charge in [0.1, 0.15) is 5.65 Å². The van der Waals surface area contributed by atoms with Crippen molar-refractivity contribution >= 4 is 11.6 Å². The van der Waals surface area contributed by atoms with E-state index in [1.54, 1.807) is 0 Å². The topological polar surface area (TPSA) is 72.4 Å². The Balaban J connectivity index is 1.87. The first-order chi connectivity index (χ1) is 9.08. The summed E-state index contributed by atoms with van der Waals surface area (Å²) in [4.78, 5) is 16.2. The van der Waals surface area contributed by atoms with Gasteiger partial charge in [-0.15, -0.1) is 0 Å². The zero-order valence-corrected chi connectivity index (χ0v) is 11.3. The second-order valence-electron chi connectivity index (χ2n) is 5.01. The van der Waals surface area contributed by atoms with Gasteiger partial charge in [0.05, 0.1) is 11.7 Å². The molecular weight excluding hydrogens is 240 g/mol. The van der Waals surface area contributed by atoms with E-state index >= 15 is 0 Å². The van der Waals surface area contributed by atoms with Crippen LogP contribution in [0.5, 0.6) is 0 Å². The smallest absolute Gasteiger partial charge is 0.237 e. The number of hydrogen-bond donors (Lipinski definition) is 2. The molecule has 3 N–H and O–H groups in total. The number of aromatic nitrogens is 2. The highest BCUT2D eigenvalue weighted by atomic mass is 16.2. The fourth-order valence-corrected chi connectivity index (χ4v) is 1.84. The van der Waals surface area contributed by atoms with Crippen molar-refractivity contribution in [2.75, 3.05) is 6.54 Å². The van der Waals surface area contributed by atoms with Gasteiger partial charge in [-0.25, -0.2) is 4.98 Å². The van der Waals surface area contributed by atoms with E-state index in [0.717, 1.165) is 11.3 Å². The van der Waals surface area contributed by atoms with Crippen molar-refractivity contribution in [2.24, 2.45) is 11.7 Å². The molecular formula is C14H20N4O. The number of carbonyl (C=O) groups excluding carboxylic acids is 1. The molecule has 2 aromatic heterocycles. The Morgan fingerprint density at radius 3 is 2.95 bits per heavy atom. The van der Waals surface area contributed by atoms with Crippen molar-refractivity contribution in [2.45, 2.75) is 26.3 Å². The zero-order chi connectivity index (χ0) is 13.8. The van der Waals surface area contributed by atoms with Crippen LogP contribution in [0.25, 0.3) is 5.65 Å². The van der Waals surface area contributed by atoms with Crippen molar-refractivity contribution in [3.05, 3.63) is 36.3 Å². The van der Waals surface area contributed by atoms with Gasteiger partial charge in [-0.2, -0.15) is 0 Å². The van der Waals surface area contributed by atoms with E-state index in [4.69, 9.17) is 5.73 Å². The van der Waals surface area contributed by atoms with Gasteiger partial charge >= 0.3 is 0 Å². The van der Waals surface area contributed by atoms with Crippen LogP contribution in [0.3, 0.4) is 0 Å². The van der Waals surface area contributed by atoms with Crippen molar-refractivity contribution < 1.29 is 4.79 Å². The summed E-state index contributed by atoms with van der Waals surface area (Å²) in [6.45, 7) is 4.43. The minimum absolute atomic E-state index is 0.0984. The maximum Gasteiger partial charge on any atom is 0.237 e. The van der Waals surface area contributed by atoms with Gasteiger partial charge in [0.15, 0.2) is 0 Å². The van der Waals surface area contributed by atoms with Crippen LogP contribution >= 0.6 is 0 Å². The SMILES string of the molecule is CC(C)C(N)C(=O)NCCc1cn2ccccc2n1. The third kappa shape index (κ3) is 3.32. The first-order valence-corrected chi connectivity index (χ1v) is 6.54. The molecule has 19 heavy (non-hydrogen) atoms. The van der Waals surface area contributed by atoms with E-state index < -0.39 is 6.04 Å². The zero-order valence-electron chi connectivity index (χ0n) is 11.3. The lowest BCUT2D eigenvalue weighted by Crippen LogP contribution is -2.44. The highest BCUT2D eigenvalue weighted by molar-refractivity contribution is 5.81. The average Bonchev–Trinajstić information content (AvgIpc) is 2.80. The molecule has 102 valence electrons. The summed E-state index contributed by atoms with van der Waals surface area (Å²) in [5.74, 6) is 0.0500. The van der Waals surface area contributed by atoms with Crippen LogP contribution in [-0.2, 0) is 11.2 Å². The largest absolute Gasteiger partial charge is 0.354 e. The summed E-state index contributed by atoms with van der Waals surface area (Å²) in [7, 11) is 0. The lowest BCUT2D eigenvalue weighted by atomic mass is 10.1. The third-order valence-electron chi connectivity index (χ3n) is 3.12. The lowest BCUT2D eigenvalue weighted by molar-refractivity contribution is -0.123. The minimum atomic E-state index is -0.443. The van der Waals surface area contributed by atoms with Crippen LogP contribution in [0.4, 0.5) is 0 Å². The number of amides is 1. The molecule has 0 fully saturated rings. The molecule has 5 nitrogen and oxygen atoms in total. The Morgan fingerprint density at radius 2 is 2.26 bits per heavy atom. The van der Waals surface area contributed by atoms with Gasteiger partial charge in [0.25, 0.3) is 0 Å². The number of pyridine rings is 1. The van der Waals surface area contributed by atoms with E-state index in [1.807, 2.05) is 48.8 Å². The Hall–Kier alpha value is -1.88. The fraction of sp³-hybridized carbons (Fsp3) is 0.429. The molecule has 0 aliphatic heterocycles. The Bertz CT molecular complexity index is 528. The molecule has 0 spiro atoms. The van der Waals surface area contributed by atoms with Crippen LogP contribution in [-0.4, -0.2) is 27.9 Å². The molecule has 0 saturated carbocycles. The number of fused-ring (bicyclic) bond motifs is 1. The van der Waals surface area contributed by atoms with Crippen LogP contribution < -0.4 is 11.1 Å². The maximum atomic E-state index is 11.7. The molecule has 1 unspecified atom stereocenters. The molecule has 2 heterocycles. The Labute approximate surface area is 112 Å². The average molecular weight is 260 g/mol. The predicted molar refractivity (Wildman–Crippen MR) is 74.7 cm³/mol. The quantitative estimate of drug-likeness (QED) is 0.841. The van der Waals surface area contributed by atoms with Gasteiger partial charge < -0.3 is 15.5 Å². The van der Waals surface area contributed by atoms with Crippen LogP contribution in [0.15, 0.2) is 30.6 Å². The summed E-state index contributed by atoms with van der Waals surface area (Å²) >= 11 is 0. The third-order valence-corrected chi connectivity index (χ3v) is 3.12. The first-order valence-electron chi connectivity index (χ1n) is 6.54. The highest BCUT2D eigenvalue weighted by Gasteiger charge is 2.16. The molecule has 0 radical (unpaired) electrons.